The summed E-state index contributed by atoms with van der Waals surface area (Å²) in [6.45, 7) is 3.24. The largest absolute Gasteiger partial charge is 0.440 e. The minimum absolute atomic E-state index is 0.0681. The van der Waals surface area contributed by atoms with Crippen LogP contribution in [0, 0.1) is 5.41 Å². The molecule has 1 saturated heterocycles. The molecule has 1 saturated carbocycles. The van der Waals surface area contributed by atoms with Gasteiger partial charge in [0.25, 0.3) is 0 Å². The monoisotopic (exact) mass is 352 g/mol. The predicted octanol–water partition coefficient (Wildman–Crippen LogP) is 4.12. The van der Waals surface area contributed by atoms with Gasteiger partial charge >= 0.3 is 0 Å². The first-order valence-electron chi connectivity index (χ1n) is 7.93. The molecule has 6 heteroatoms. The number of rotatable bonds is 2. The lowest BCUT2D eigenvalue weighted by atomic mass is 9.95. The molecular weight excluding hydrogens is 335 g/mol. The fraction of sp³-hybridized carbons (Fsp3) is 0.529. The zero-order valence-electron chi connectivity index (χ0n) is 12.9. The number of piperidine rings is 1. The maximum atomic E-state index is 12.6. The number of carbonyl (C=O) groups is 1. The summed E-state index contributed by atoms with van der Waals surface area (Å²) in [6.07, 6.45) is 2.24. The molecule has 1 aliphatic heterocycles. The second-order valence-corrected chi connectivity index (χ2v) is 8.28. The first-order chi connectivity index (χ1) is 10.9. The minimum Gasteiger partial charge on any atom is -0.440 e. The number of aromatic nitrogens is 1. The van der Waals surface area contributed by atoms with E-state index in [-0.39, 0.29) is 11.8 Å². The summed E-state index contributed by atoms with van der Waals surface area (Å²) in [5, 5.41) is 0. The third kappa shape index (κ3) is 2.43. The number of amides is 1. The summed E-state index contributed by atoms with van der Waals surface area (Å²) in [5.41, 5.74) is 1.08. The second kappa shape index (κ2) is 5.12. The average Bonchev–Trinajstić information content (AvgIpc) is 2.89. The molecule has 2 aromatic rings. The molecule has 1 aliphatic carbocycles. The van der Waals surface area contributed by atoms with Gasteiger partial charge in [0, 0.05) is 19.0 Å². The molecule has 1 aromatic heterocycles. The van der Waals surface area contributed by atoms with Gasteiger partial charge in [-0.3, -0.25) is 4.79 Å². The van der Waals surface area contributed by atoms with Gasteiger partial charge < -0.3 is 9.32 Å². The van der Waals surface area contributed by atoms with Gasteiger partial charge in [0.15, 0.2) is 11.5 Å². The number of oxazole rings is 1. The molecule has 4 rings (SSSR count). The van der Waals surface area contributed by atoms with Crippen molar-refractivity contribution in [3.05, 3.63) is 30.2 Å². The molecule has 1 aromatic carbocycles. The van der Waals surface area contributed by atoms with Crippen molar-refractivity contribution in [1.82, 2.24) is 9.88 Å². The summed E-state index contributed by atoms with van der Waals surface area (Å²) in [6, 6.07) is 7.78. The molecule has 0 N–H and O–H groups in total. The van der Waals surface area contributed by atoms with E-state index in [0.29, 0.717) is 19.5 Å². The number of hydrogen-bond acceptors (Lipinski definition) is 3. The van der Waals surface area contributed by atoms with Crippen molar-refractivity contribution >= 4 is 40.2 Å². The fourth-order valence-electron chi connectivity index (χ4n) is 3.38. The highest BCUT2D eigenvalue weighted by molar-refractivity contribution is 6.53. The van der Waals surface area contributed by atoms with Crippen LogP contribution in [0.2, 0.25) is 0 Å². The van der Waals surface area contributed by atoms with Crippen LogP contribution in [-0.4, -0.2) is 33.2 Å². The molecule has 0 radical (unpaired) electrons. The molecule has 122 valence electrons. The molecular formula is C17H18Cl2N2O2. The van der Waals surface area contributed by atoms with Gasteiger partial charge in [-0.2, -0.15) is 0 Å². The summed E-state index contributed by atoms with van der Waals surface area (Å²) >= 11 is 12.3. The highest BCUT2D eigenvalue weighted by Crippen LogP contribution is 2.64. The number of hydrogen-bond donors (Lipinski definition) is 0. The second-order valence-electron chi connectivity index (χ2n) is 6.80. The van der Waals surface area contributed by atoms with E-state index in [2.05, 4.69) is 4.98 Å². The van der Waals surface area contributed by atoms with Gasteiger partial charge in [0.1, 0.15) is 9.85 Å². The summed E-state index contributed by atoms with van der Waals surface area (Å²) in [5.74, 6) is 1.11. The maximum absolute atomic E-state index is 12.6. The number of para-hydroxylation sites is 2. The van der Waals surface area contributed by atoms with Crippen molar-refractivity contribution < 1.29 is 9.21 Å². The number of halogens is 2. The summed E-state index contributed by atoms with van der Waals surface area (Å²) < 4.78 is 4.96. The van der Waals surface area contributed by atoms with E-state index < -0.39 is 9.75 Å². The Kier molecular flexibility index (Phi) is 3.40. The average molecular weight is 353 g/mol. The van der Waals surface area contributed by atoms with Crippen LogP contribution in [0.1, 0.15) is 38.0 Å². The van der Waals surface area contributed by atoms with E-state index in [1.54, 1.807) is 0 Å². The zero-order chi connectivity index (χ0) is 16.2. The molecule has 0 spiro atoms. The Morgan fingerprint density at radius 3 is 2.57 bits per heavy atom. The third-order valence-electron chi connectivity index (χ3n) is 5.17. The lowest BCUT2D eigenvalue weighted by Crippen LogP contribution is -2.42. The Hall–Kier alpha value is -1.26. The number of benzene rings is 1. The molecule has 0 unspecified atom stereocenters. The maximum Gasteiger partial charge on any atom is 0.231 e. The molecule has 2 heterocycles. The topological polar surface area (TPSA) is 46.3 Å². The van der Waals surface area contributed by atoms with Crippen LogP contribution in [0.5, 0.6) is 0 Å². The zero-order valence-corrected chi connectivity index (χ0v) is 14.4. The molecule has 2 fully saturated rings. The van der Waals surface area contributed by atoms with Crippen molar-refractivity contribution in [3.8, 4) is 0 Å². The lowest BCUT2D eigenvalue weighted by molar-refractivity contribution is -0.137. The van der Waals surface area contributed by atoms with Crippen molar-refractivity contribution in [2.45, 2.75) is 36.4 Å². The third-order valence-corrected chi connectivity index (χ3v) is 6.27. The van der Waals surface area contributed by atoms with E-state index >= 15 is 0 Å². The summed E-state index contributed by atoms with van der Waals surface area (Å²) in [4.78, 5) is 19.1. The molecule has 1 atom stereocenters. The Labute approximate surface area is 144 Å². The van der Waals surface area contributed by atoms with E-state index in [4.69, 9.17) is 27.6 Å². The highest BCUT2D eigenvalue weighted by atomic mass is 35.5. The molecule has 23 heavy (non-hydrogen) atoms. The van der Waals surface area contributed by atoms with Crippen LogP contribution in [0.3, 0.4) is 0 Å². The van der Waals surface area contributed by atoms with Gasteiger partial charge in [-0.15, -0.1) is 23.2 Å². The SMILES string of the molecule is C[C@]1(C(=O)N2CCC(c3nc4ccccc4o3)CC2)CC1(Cl)Cl. The van der Waals surface area contributed by atoms with Crippen LogP contribution in [0.15, 0.2) is 28.7 Å². The normalized spacial score (nSPS) is 27.3. The van der Waals surface area contributed by atoms with Crippen LogP contribution in [0.25, 0.3) is 11.1 Å². The quantitative estimate of drug-likeness (QED) is 0.763. The van der Waals surface area contributed by atoms with Gasteiger partial charge in [0.2, 0.25) is 5.91 Å². The number of fused-ring (bicyclic) bond motifs is 1. The Bertz CT molecular complexity index is 732. The first-order valence-corrected chi connectivity index (χ1v) is 8.69. The van der Waals surface area contributed by atoms with Gasteiger partial charge in [-0.05, 0) is 38.3 Å². The van der Waals surface area contributed by atoms with Crippen LogP contribution in [-0.2, 0) is 4.79 Å². The lowest BCUT2D eigenvalue weighted by Gasteiger charge is -2.33. The molecule has 4 nitrogen and oxygen atoms in total. The first kappa shape index (κ1) is 15.3. The summed E-state index contributed by atoms with van der Waals surface area (Å²) in [7, 11) is 0. The van der Waals surface area contributed by atoms with Crippen LogP contribution < -0.4 is 0 Å². The standard InChI is InChI=1S/C17H18Cl2N2O2/c1-16(10-17(16,18)19)15(22)21-8-6-11(7-9-21)14-20-12-4-2-3-5-13(12)23-14/h2-5,11H,6-10H2,1H3/t16-/m1/s1. The van der Waals surface area contributed by atoms with E-state index in [1.165, 1.54) is 0 Å². The number of likely N-dealkylation sites (tertiary alicyclic amines) is 1. The van der Waals surface area contributed by atoms with E-state index in [1.807, 2.05) is 36.1 Å². The fourth-order valence-corrected chi connectivity index (χ4v) is 4.07. The number of carbonyl (C=O) groups excluding carboxylic acids is 1. The van der Waals surface area contributed by atoms with Gasteiger partial charge in [0.05, 0.1) is 5.41 Å². The Balaban J connectivity index is 1.44. The highest BCUT2D eigenvalue weighted by Gasteiger charge is 2.68. The van der Waals surface area contributed by atoms with E-state index in [9.17, 15) is 4.79 Å². The van der Waals surface area contributed by atoms with Crippen molar-refractivity contribution in [2.75, 3.05) is 13.1 Å². The van der Waals surface area contributed by atoms with E-state index in [0.717, 1.165) is 29.8 Å². The number of nitrogens with zero attached hydrogens (tertiary/aromatic N) is 2. The van der Waals surface area contributed by atoms with Crippen molar-refractivity contribution in [2.24, 2.45) is 5.41 Å². The Morgan fingerprint density at radius 1 is 1.30 bits per heavy atom. The van der Waals surface area contributed by atoms with Crippen molar-refractivity contribution in [1.29, 1.82) is 0 Å². The van der Waals surface area contributed by atoms with Crippen LogP contribution >= 0.6 is 23.2 Å². The molecule has 2 aliphatic rings. The minimum atomic E-state index is -0.902. The predicted molar refractivity (Wildman–Crippen MR) is 89.7 cm³/mol. The van der Waals surface area contributed by atoms with Gasteiger partial charge in [-0.1, -0.05) is 12.1 Å². The van der Waals surface area contributed by atoms with Crippen LogP contribution in [0.4, 0.5) is 0 Å². The van der Waals surface area contributed by atoms with Crippen molar-refractivity contribution in [3.63, 3.8) is 0 Å². The Morgan fingerprint density at radius 2 is 1.96 bits per heavy atom. The number of alkyl halides is 2. The molecule has 0 bridgehead atoms. The smallest absolute Gasteiger partial charge is 0.231 e. The van der Waals surface area contributed by atoms with Gasteiger partial charge in [-0.25, -0.2) is 4.98 Å². The molecule has 1 amide bonds.